The molecule has 0 saturated heterocycles. The van der Waals surface area contributed by atoms with Crippen LogP contribution in [0.2, 0.25) is 0 Å². The molecule has 0 fully saturated rings. The molecule has 35 heavy (non-hydrogen) atoms. The molecule has 0 N–H and O–H groups in total. The molecule has 0 amide bonds. The van der Waals surface area contributed by atoms with Gasteiger partial charge in [-0.15, -0.1) is 0 Å². The Bertz CT molecular complexity index is 1370. The van der Waals surface area contributed by atoms with Crippen molar-refractivity contribution >= 4 is 17.3 Å². The fraction of sp³-hybridized carbons (Fsp3) is 0.172. The maximum atomic E-state index is 13.1. The molecule has 1 aliphatic rings. The van der Waals surface area contributed by atoms with E-state index in [0.717, 1.165) is 28.1 Å². The van der Waals surface area contributed by atoms with Crippen LogP contribution in [0.5, 0.6) is 11.5 Å². The monoisotopic (exact) mass is 465 g/mol. The third kappa shape index (κ3) is 3.87. The van der Waals surface area contributed by atoms with E-state index in [4.69, 9.17) is 9.47 Å². The summed E-state index contributed by atoms with van der Waals surface area (Å²) in [6.07, 6.45) is 3.26. The van der Waals surface area contributed by atoms with Crippen molar-refractivity contribution in [2.45, 2.75) is 5.60 Å². The second kappa shape index (κ2) is 8.80. The third-order valence-electron chi connectivity index (χ3n) is 6.29. The average molecular weight is 466 g/mol. The number of aromatic nitrogens is 1. The Kier molecular flexibility index (Phi) is 5.65. The number of carbonyl (C=O) groups is 1. The van der Waals surface area contributed by atoms with Crippen LogP contribution in [0, 0.1) is 0 Å². The summed E-state index contributed by atoms with van der Waals surface area (Å²) >= 11 is 0. The fourth-order valence-corrected chi connectivity index (χ4v) is 4.46. The van der Waals surface area contributed by atoms with E-state index < -0.39 is 11.6 Å². The number of rotatable bonds is 6. The van der Waals surface area contributed by atoms with Crippen molar-refractivity contribution in [1.29, 1.82) is 0 Å². The van der Waals surface area contributed by atoms with Crippen LogP contribution in [-0.2, 0) is 10.3 Å². The number of cyclic esters (lactones) is 1. The summed E-state index contributed by atoms with van der Waals surface area (Å²) in [6.45, 7) is 0. The zero-order valence-electron chi connectivity index (χ0n) is 20.2. The summed E-state index contributed by atoms with van der Waals surface area (Å²) in [6, 6.07) is 25.5. The van der Waals surface area contributed by atoms with Crippen LogP contribution in [0.1, 0.15) is 27.0 Å². The van der Waals surface area contributed by atoms with E-state index >= 15 is 0 Å². The highest BCUT2D eigenvalue weighted by atomic mass is 16.6. The Hall–Kier alpha value is -4.32. The number of pyridine rings is 1. The molecule has 4 aromatic rings. The summed E-state index contributed by atoms with van der Waals surface area (Å²) < 4.78 is 12.7. The van der Waals surface area contributed by atoms with Crippen LogP contribution < -0.4 is 14.5 Å². The van der Waals surface area contributed by atoms with Crippen molar-refractivity contribution in [3.8, 4) is 11.5 Å². The van der Waals surface area contributed by atoms with Crippen LogP contribution in [0.4, 0.5) is 11.4 Å². The molecule has 0 bridgehead atoms. The van der Waals surface area contributed by atoms with E-state index in [-0.39, 0.29) is 0 Å². The lowest BCUT2D eigenvalue weighted by atomic mass is 9.79. The van der Waals surface area contributed by atoms with Gasteiger partial charge in [0.05, 0.1) is 5.56 Å². The molecule has 176 valence electrons. The van der Waals surface area contributed by atoms with Gasteiger partial charge in [-0.1, -0.05) is 30.3 Å². The standard InChI is InChI=1S/C29H27N3O3/c1-31(2)21-12-10-20(11-13-21)29(25-16-17-30-19-24(25)28(33)35-29)26-15-14-22(32(3)4)18-27(26)34-23-8-6-5-7-9-23/h5-19H,1-4H3. The van der Waals surface area contributed by atoms with E-state index in [9.17, 15) is 4.79 Å². The number of hydrogen-bond acceptors (Lipinski definition) is 6. The molecule has 1 aliphatic heterocycles. The summed E-state index contributed by atoms with van der Waals surface area (Å²) in [4.78, 5) is 21.4. The van der Waals surface area contributed by atoms with Gasteiger partial charge in [-0.25, -0.2) is 4.79 Å². The van der Waals surface area contributed by atoms with Gasteiger partial charge in [0, 0.05) is 74.7 Å². The number of benzene rings is 3. The summed E-state index contributed by atoms with van der Waals surface area (Å²) in [5.74, 6) is 0.894. The molecule has 6 heteroatoms. The van der Waals surface area contributed by atoms with Gasteiger partial charge in [0.2, 0.25) is 0 Å². The first-order valence-electron chi connectivity index (χ1n) is 11.4. The number of hydrogen-bond donors (Lipinski definition) is 0. The maximum Gasteiger partial charge on any atom is 0.341 e. The molecule has 1 atom stereocenters. The zero-order chi connectivity index (χ0) is 24.6. The Morgan fingerprint density at radius 3 is 2.17 bits per heavy atom. The topological polar surface area (TPSA) is 54.9 Å². The minimum absolute atomic E-state index is 0.410. The summed E-state index contributed by atoms with van der Waals surface area (Å²) in [5, 5.41) is 0. The van der Waals surface area contributed by atoms with Crippen molar-refractivity contribution in [2.75, 3.05) is 38.0 Å². The number of carbonyl (C=O) groups excluding carboxylic acids is 1. The molecule has 0 aliphatic carbocycles. The number of ether oxygens (including phenoxy) is 2. The molecule has 5 rings (SSSR count). The fourth-order valence-electron chi connectivity index (χ4n) is 4.46. The van der Waals surface area contributed by atoms with E-state index in [0.29, 0.717) is 17.1 Å². The van der Waals surface area contributed by atoms with Gasteiger partial charge in [-0.05, 0) is 42.5 Å². The highest BCUT2D eigenvalue weighted by Gasteiger charge is 2.50. The second-order valence-corrected chi connectivity index (χ2v) is 8.92. The molecule has 6 nitrogen and oxygen atoms in total. The molecule has 1 aromatic heterocycles. The normalized spacial score (nSPS) is 16.4. The Morgan fingerprint density at radius 2 is 1.49 bits per heavy atom. The predicted octanol–water partition coefficient (Wildman–Crippen LogP) is 5.47. The number of anilines is 2. The second-order valence-electron chi connectivity index (χ2n) is 8.92. The van der Waals surface area contributed by atoms with Crippen LogP contribution in [0.25, 0.3) is 0 Å². The van der Waals surface area contributed by atoms with Crippen LogP contribution in [0.15, 0.2) is 91.3 Å². The first-order chi connectivity index (χ1) is 16.9. The van der Waals surface area contributed by atoms with Crippen LogP contribution >= 0.6 is 0 Å². The van der Waals surface area contributed by atoms with E-state index in [2.05, 4.69) is 4.98 Å². The molecule has 2 heterocycles. The molecular weight excluding hydrogens is 438 g/mol. The van der Waals surface area contributed by atoms with Crippen molar-refractivity contribution in [3.63, 3.8) is 0 Å². The lowest BCUT2D eigenvalue weighted by Crippen LogP contribution is -2.30. The van der Waals surface area contributed by atoms with Gasteiger partial charge in [-0.2, -0.15) is 0 Å². The van der Waals surface area contributed by atoms with Gasteiger partial charge < -0.3 is 19.3 Å². The quantitative estimate of drug-likeness (QED) is 0.352. The largest absolute Gasteiger partial charge is 0.457 e. The van der Waals surface area contributed by atoms with E-state index in [1.807, 2.05) is 117 Å². The Balaban J connectivity index is 1.78. The first-order valence-corrected chi connectivity index (χ1v) is 11.4. The Labute approximate surface area is 205 Å². The molecule has 3 aromatic carbocycles. The minimum Gasteiger partial charge on any atom is -0.457 e. The van der Waals surface area contributed by atoms with Gasteiger partial charge in [-0.3, -0.25) is 4.98 Å². The van der Waals surface area contributed by atoms with Gasteiger partial charge in [0.1, 0.15) is 11.5 Å². The number of fused-ring (bicyclic) bond motifs is 1. The zero-order valence-corrected chi connectivity index (χ0v) is 20.2. The maximum absolute atomic E-state index is 13.1. The smallest absolute Gasteiger partial charge is 0.341 e. The third-order valence-corrected chi connectivity index (χ3v) is 6.29. The molecule has 1 unspecified atom stereocenters. The SMILES string of the molecule is CN(C)c1ccc(C2(c3ccc(N(C)C)cc3Oc3ccccc3)OC(=O)c3cnccc32)cc1. The van der Waals surface area contributed by atoms with Crippen molar-refractivity contribution in [2.24, 2.45) is 0 Å². The number of para-hydroxylation sites is 1. The van der Waals surface area contributed by atoms with Gasteiger partial charge >= 0.3 is 5.97 Å². The van der Waals surface area contributed by atoms with E-state index in [1.165, 1.54) is 0 Å². The van der Waals surface area contributed by atoms with Crippen molar-refractivity contribution in [3.05, 3.63) is 114 Å². The lowest BCUT2D eigenvalue weighted by Gasteiger charge is -2.32. The highest BCUT2D eigenvalue weighted by molar-refractivity contribution is 5.96. The minimum atomic E-state index is -1.19. The van der Waals surface area contributed by atoms with Gasteiger partial charge in [0.15, 0.2) is 5.60 Å². The van der Waals surface area contributed by atoms with Crippen molar-refractivity contribution in [1.82, 2.24) is 4.98 Å². The highest BCUT2D eigenvalue weighted by Crippen LogP contribution is 2.51. The van der Waals surface area contributed by atoms with E-state index in [1.54, 1.807) is 12.4 Å². The molecule has 0 radical (unpaired) electrons. The summed E-state index contributed by atoms with van der Waals surface area (Å²) in [7, 11) is 7.95. The number of esters is 1. The molecule has 0 spiro atoms. The van der Waals surface area contributed by atoms with Gasteiger partial charge in [0.25, 0.3) is 0 Å². The van der Waals surface area contributed by atoms with Crippen LogP contribution in [-0.4, -0.2) is 39.1 Å². The average Bonchev–Trinajstić information content (AvgIpc) is 3.18. The summed E-state index contributed by atoms with van der Waals surface area (Å²) in [5.41, 5.74) is 3.59. The lowest BCUT2D eigenvalue weighted by molar-refractivity contribution is 0.0246. The van der Waals surface area contributed by atoms with Crippen LogP contribution in [0.3, 0.4) is 0 Å². The predicted molar refractivity (Wildman–Crippen MR) is 138 cm³/mol. The first kappa shape index (κ1) is 22.5. The molecular formula is C29H27N3O3. The Morgan fingerprint density at radius 1 is 0.800 bits per heavy atom. The van der Waals surface area contributed by atoms with Crippen molar-refractivity contribution < 1.29 is 14.3 Å². The molecule has 0 saturated carbocycles. The number of nitrogens with zero attached hydrogens (tertiary/aromatic N) is 3.